The summed E-state index contributed by atoms with van der Waals surface area (Å²) in [6.07, 6.45) is 1.50. The number of amides is 1. The molecule has 1 aliphatic rings. The number of aryl methyl sites for hydroxylation is 2. The lowest BCUT2D eigenvalue weighted by atomic mass is 9.96. The lowest BCUT2D eigenvalue weighted by molar-refractivity contribution is -0.140. The Morgan fingerprint density at radius 2 is 2.00 bits per heavy atom. The average molecular weight is 393 g/mol. The van der Waals surface area contributed by atoms with Crippen LogP contribution in [0.2, 0.25) is 0 Å². The Morgan fingerprint density at radius 3 is 2.68 bits per heavy atom. The third-order valence-electron chi connectivity index (χ3n) is 4.91. The van der Waals surface area contributed by atoms with Gasteiger partial charge in [-0.3, -0.25) is 9.59 Å². The fraction of sp³-hybridized carbons (Fsp3) is 0.182. The minimum Gasteiger partial charge on any atom is -0.507 e. The molecule has 1 aromatic carbocycles. The number of benzene rings is 1. The van der Waals surface area contributed by atoms with Crippen LogP contribution in [0.5, 0.6) is 0 Å². The number of hydrogen-bond donors (Lipinski definition) is 1. The van der Waals surface area contributed by atoms with Gasteiger partial charge in [-0.15, -0.1) is 11.3 Å². The van der Waals surface area contributed by atoms with Gasteiger partial charge in [-0.25, -0.2) is 0 Å². The van der Waals surface area contributed by atoms with Crippen LogP contribution in [0.15, 0.2) is 64.1 Å². The van der Waals surface area contributed by atoms with E-state index in [1.807, 2.05) is 49.6 Å². The van der Waals surface area contributed by atoms with Gasteiger partial charge in [0.05, 0.1) is 18.4 Å². The highest BCUT2D eigenvalue weighted by molar-refractivity contribution is 7.09. The highest BCUT2D eigenvalue weighted by Crippen LogP contribution is 2.41. The first-order valence-corrected chi connectivity index (χ1v) is 9.77. The molecule has 2 aromatic heterocycles. The lowest BCUT2D eigenvalue weighted by Crippen LogP contribution is -2.28. The fourth-order valence-corrected chi connectivity index (χ4v) is 4.19. The number of carbonyl (C=O) groups is 2. The number of hydrogen-bond acceptors (Lipinski definition) is 5. The number of ketones is 1. The monoisotopic (exact) mass is 393 g/mol. The molecule has 142 valence electrons. The molecule has 28 heavy (non-hydrogen) atoms. The summed E-state index contributed by atoms with van der Waals surface area (Å²) in [6.45, 7) is 4.05. The summed E-state index contributed by atoms with van der Waals surface area (Å²) in [5.41, 5.74) is 2.39. The average Bonchev–Trinajstić information content (AvgIpc) is 3.42. The standard InChI is InChI=1S/C22H19NO4S/c1-13-7-8-14(2)16(11-13)20(24)18-19(17-6-3-9-27-17)23(22(26)21(18)25)12-15-5-4-10-28-15/h3-11,19,24H,12H2,1-2H3/b20-18-. The van der Waals surface area contributed by atoms with E-state index < -0.39 is 17.7 Å². The molecule has 1 unspecified atom stereocenters. The van der Waals surface area contributed by atoms with Crippen molar-refractivity contribution in [3.8, 4) is 0 Å². The van der Waals surface area contributed by atoms with Crippen LogP contribution in [0.1, 0.15) is 33.4 Å². The fourth-order valence-electron chi connectivity index (χ4n) is 3.49. The largest absolute Gasteiger partial charge is 0.507 e. The first-order valence-electron chi connectivity index (χ1n) is 8.89. The summed E-state index contributed by atoms with van der Waals surface area (Å²) < 4.78 is 5.55. The maximum atomic E-state index is 12.9. The molecule has 1 atom stereocenters. The van der Waals surface area contributed by atoms with Crippen LogP contribution in [-0.2, 0) is 16.1 Å². The van der Waals surface area contributed by atoms with Crippen LogP contribution >= 0.6 is 11.3 Å². The van der Waals surface area contributed by atoms with Gasteiger partial charge in [0, 0.05) is 10.4 Å². The Bertz CT molecular complexity index is 1060. The van der Waals surface area contributed by atoms with Crippen LogP contribution in [0, 0.1) is 13.8 Å². The van der Waals surface area contributed by atoms with Crippen LogP contribution in [0.3, 0.4) is 0 Å². The molecule has 5 nitrogen and oxygen atoms in total. The second-order valence-corrected chi connectivity index (χ2v) is 7.87. The number of nitrogens with zero attached hydrogens (tertiary/aromatic N) is 1. The third kappa shape index (κ3) is 3.05. The van der Waals surface area contributed by atoms with Crippen molar-refractivity contribution in [2.75, 3.05) is 0 Å². The van der Waals surface area contributed by atoms with Gasteiger partial charge in [0.25, 0.3) is 11.7 Å². The van der Waals surface area contributed by atoms with Crippen molar-refractivity contribution in [3.05, 3.63) is 87.0 Å². The van der Waals surface area contributed by atoms with Gasteiger partial charge >= 0.3 is 0 Å². The Morgan fingerprint density at radius 1 is 1.18 bits per heavy atom. The van der Waals surface area contributed by atoms with Crippen LogP contribution < -0.4 is 0 Å². The second kappa shape index (κ2) is 7.13. The molecular weight excluding hydrogens is 374 g/mol. The van der Waals surface area contributed by atoms with E-state index in [2.05, 4.69) is 0 Å². The van der Waals surface area contributed by atoms with Crippen LogP contribution in [0.4, 0.5) is 0 Å². The molecule has 0 bridgehead atoms. The molecule has 0 radical (unpaired) electrons. The van der Waals surface area contributed by atoms with Crippen molar-refractivity contribution in [1.82, 2.24) is 4.90 Å². The van der Waals surface area contributed by atoms with E-state index in [0.29, 0.717) is 11.3 Å². The highest BCUT2D eigenvalue weighted by Gasteiger charge is 2.47. The first kappa shape index (κ1) is 18.3. The summed E-state index contributed by atoms with van der Waals surface area (Å²) in [7, 11) is 0. The normalized spacial score (nSPS) is 18.8. The molecular formula is C22H19NO4S. The molecule has 0 spiro atoms. The van der Waals surface area contributed by atoms with Gasteiger partial charge in [0.1, 0.15) is 17.6 Å². The summed E-state index contributed by atoms with van der Waals surface area (Å²) in [5.74, 6) is -1.06. The number of rotatable bonds is 4. The number of Topliss-reactive ketones (excluding diaryl/α,β-unsaturated/α-hetero) is 1. The smallest absolute Gasteiger partial charge is 0.296 e. The molecule has 4 rings (SSSR count). The predicted molar refractivity (Wildman–Crippen MR) is 107 cm³/mol. The zero-order chi connectivity index (χ0) is 19.8. The molecule has 1 amide bonds. The summed E-state index contributed by atoms with van der Waals surface area (Å²) in [5, 5.41) is 13.0. The van der Waals surface area contributed by atoms with E-state index in [1.54, 1.807) is 12.1 Å². The summed E-state index contributed by atoms with van der Waals surface area (Å²) in [6, 6.07) is 12.1. The number of aliphatic hydroxyl groups excluding tert-OH is 1. The predicted octanol–water partition coefficient (Wildman–Crippen LogP) is 4.58. The number of likely N-dealkylation sites (tertiary alicyclic amines) is 1. The van der Waals surface area contributed by atoms with Gasteiger partial charge in [0.15, 0.2) is 0 Å². The van der Waals surface area contributed by atoms with E-state index in [-0.39, 0.29) is 17.9 Å². The van der Waals surface area contributed by atoms with E-state index in [0.717, 1.165) is 16.0 Å². The minimum absolute atomic E-state index is 0.0604. The third-order valence-corrected chi connectivity index (χ3v) is 5.77. The van der Waals surface area contributed by atoms with E-state index >= 15 is 0 Å². The van der Waals surface area contributed by atoms with Crippen molar-refractivity contribution >= 4 is 28.8 Å². The number of carbonyl (C=O) groups excluding carboxylic acids is 2. The zero-order valence-corrected chi connectivity index (χ0v) is 16.3. The molecule has 0 aliphatic carbocycles. The maximum Gasteiger partial charge on any atom is 0.296 e. The van der Waals surface area contributed by atoms with E-state index in [4.69, 9.17) is 4.42 Å². The molecule has 3 heterocycles. The molecule has 1 aliphatic heterocycles. The Balaban J connectivity index is 1.88. The molecule has 6 heteroatoms. The van der Waals surface area contributed by atoms with Gasteiger partial charge in [-0.2, -0.15) is 0 Å². The zero-order valence-electron chi connectivity index (χ0n) is 15.5. The van der Waals surface area contributed by atoms with Crippen molar-refractivity contribution < 1.29 is 19.1 Å². The van der Waals surface area contributed by atoms with Crippen molar-refractivity contribution in [1.29, 1.82) is 0 Å². The molecule has 1 saturated heterocycles. The number of thiophene rings is 1. The van der Waals surface area contributed by atoms with Gasteiger partial charge in [-0.1, -0.05) is 23.8 Å². The van der Waals surface area contributed by atoms with Gasteiger partial charge in [-0.05, 0) is 49.1 Å². The van der Waals surface area contributed by atoms with Crippen molar-refractivity contribution in [3.63, 3.8) is 0 Å². The van der Waals surface area contributed by atoms with Crippen molar-refractivity contribution in [2.45, 2.75) is 26.4 Å². The Kier molecular flexibility index (Phi) is 4.65. The van der Waals surface area contributed by atoms with Gasteiger partial charge < -0.3 is 14.4 Å². The van der Waals surface area contributed by atoms with Crippen LogP contribution in [0.25, 0.3) is 5.76 Å². The topological polar surface area (TPSA) is 70.8 Å². The first-order chi connectivity index (χ1) is 13.5. The maximum absolute atomic E-state index is 12.9. The summed E-state index contributed by atoms with van der Waals surface area (Å²) >= 11 is 1.51. The summed E-state index contributed by atoms with van der Waals surface area (Å²) in [4.78, 5) is 28.2. The lowest BCUT2D eigenvalue weighted by Gasteiger charge is -2.22. The minimum atomic E-state index is -0.767. The highest BCUT2D eigenvalue weighted by atomic mass is 32.1. The molecule has 1 N–H and O–H groups in total. The second-order valence-electron chi connectivity index (χ2n) is 6.84. The molecule has 3 aromatic rings. The van der Waals surface area contributed by atoms with Crippen molar-refractivity contribution in [2.24, 2.45) is 0 Å². The SMILES string of the molecule is Cc1ccc(C)c(/C(O)=C2/C(=O)C(=O)N(Cc3cccs3)C2c2ccco2)c1. The van der Waals surface area contributed by atoms with Crippen LogP contribution in [-0.4, -0.2) is 21.7 Å². The van der Waals surface area contributed by atoms with E-state index in [1.165, 1.54) is 22.5 Å². The Labute approximate surface area is 166 Å². The molecule has 1 fully saturated rings. The quantitative estimate of drug-likeness (QED) is 0.400. The number of furan rings is 1. The van der Waals surface area contributed by atoms with E-state index in [9.17, 15) is 14.7 Å². The Hall–Kier alpha value is -3.12. The van der Waals surface area contributed by atoms with Gasteiger partial charge in [0.2, 0.25) is 0 Å². The number of aliphatic hydroxyl groups is 1. The molecule has 0 saturated carbocycles.